The fraction of sp³-hybridized carbons (Fsp3) is 0.745. The normalized spacial score (nSPS) is 20.9. The molecule has 18 heteroatoms. The van der Waals surface area contributed by atoms with E-state index >= 15 is 0 Å². The van der Waals surface area contributed by atoms with Gasteiger partial charge in [0.1, 0.15) is 31.0 Å². The second-order valence-corrected chi connectivity index (χ2v) is 20.5. The molecule has 1 aromatic rings. The van der Waals surface area contributed by atoms with E-state index in [-0.39, 0.29) is 73.8 Å². The first-order valence-corrected chi connectivity index (χ1v) is 27.3. The predicted molar refractivity (Wildman–Crippen MR) is 277 cm³/mol. The van der Waals surface area contributed by atoms with Crippen molar-refractivity contribution in [1.29, 1.82) is 0 Å². The highest BCUT2D eigenvalue weighted by Gasteiger charge is 2.44. The zero-order valence-electron chi connectivity index (χ0n) is 44.4. The fourth-order valence-corrected chi connectivity index (χ4v) is 9.17. The van der Waals surface area contributed by atoms with E-state index in [2.05, 4.69) is 22.9 Å². The number of benzene rings is 1. The van der Waals surface area contributed by atoms with Gasteiger partial charge in [-0.05, 0) is 55.2 Å². The van der Waals surface area contributed by atoms with Crippen molar-refractivity contribution in [1.82, 2.24) is 15.5 Å². The summed E-state index contributed by atoms with van der Waals surface area (Å²) < 4.78 is 16.8. The van der Waals surface area contributed by atoms with Gasteiger partial charge in [-0.1, -0.05) is 143 Å². The maximum absolute atomic E-state index is 13.7. The number of hydrogen-bond acceptors (Lipinski definition) is 14. The Hall–Kier alpha value is -4.30. The largest absolute Gasteiger partial charge is 0.445 e. The van der Waals surface area contributed by atoms with Crippen molar-refractivity contribution >= 4 is 41.2 Å². The van der Waals surface area contributed by atoms with Crippen molar-refractivity contribution in [3.63, 3.8) is 0 Å². The Morgan fingerprint density at radius 2 is 1.32 bits per heavy atom. The number of aliphatic hydroxyl groups excluding tert-OH is 5. The molecule has 2 aliphatic heterocycles. The lowest BCUT2D eigenvalue weighted by atomic mass is 9.89. The van der Waals surface area contributed by atoms with Crippen LogP contribution in [0.2, 0.25) is 0 Å². The molecule has 1 fully saturated rings. The van der Waals surface area contributed by atoms with E-state index in [0.29, 0.717) is 49.8 Å². The molecule has 0 aliphatic carbocycles. The molecule has 3 rings (SSSR count). The highest BCUT2D eigenvalue weighted by molar-refractivity contribution is 6.12. The standard InChI is InChI=1S/C55H90N4O14/c1-6-8-10-11-12-13-14-15-16-17-18-20-23-38(5)49(65)42(36-71-54-52(68)51(67)50(66)44(34-60)73-54)57-55(70)72-35-39-26-28-41(29-27-39)56-53(69)40(24-9-7-2)33-43(61)48(37(3)4)58-45(62)25-21-19-22-32-59-46(63)30-31-47(59)64/h26-31,37-38,40,42,44,48-52,54,60,65-68H,6-25,32-36H2,1-5H3,(H,56,69)(H,57,70)(H,58,62)/t38-,40-,42+,44?,48+,49-,50+,51+,52?,54+/m1/s1. The van der Waals surface area contributed by atoms with Crippen LogP contribution in [0.15, 0.2) is 36.4 Å². The number of ether oxygens (including phenoxy) is 3. The van der Waals surface area contributed by atoms with Crippen LogP contribution in [0, 0.1) is 17.8 Å². The molecule has 0 bridgehead atoms. The SMILES string of the molecule is CCCCCCCCCCCCCC[C@@H](C)[C@@H](O)[C@H](CO[C@H]1OC(CO)[C@H](O)[C@H](O)C1O)NC(=O)OCc1ccc(NC(=O)[C@H](CCCC)CC(=O)[C@@H](NC(=O)CCCCCN2C(=O)C=CC2=O)C(C)C)cc1. The highest BCUT2D eigenvalue weighted by Crippen LogP contribution is 2.25. The summed E-state index contributed by atoms with van der Waals surface area (Å²) in [6, 6.07) is 4.83. The van der Waals surface area contributed by atoms with Crippen LogP contribution in [0.1, 0.15) is 175 Å². The smallest absolute Gasteiger partial charge is 0.407 e. The van der Waals surface area contributed by atoms with Gasteiger partial charge in [-0.15, -0.1) is 0 Å². The predicted octanol–water partition coefficient (Wildman–Crippen LogP) is 6.52. The molecule has 0 spiro atoms. The Kier molecular flexibility index (Phi) is 30.2. The molecule has 2 heterocycles. The van der Waals surface area contributed by atoms with Gasteiger partial charge in [0.2, 0.25) is 11.8 Å². The number of imide groups is 1. The van der Waals surface area contributed by atoms with E-state index in [9.17, 15) is 54.3 Å². The minimum atomic E-state index is -1.67. The average Bonchev–Trinajstić information content (AvgIpc) is 3.69. The summed E-state index contributed by atoms with van der Waals surface area (Å²) >= 11 is 0. The number of nitrogens with one attached hydrogen (secondary N) is 3. The van der Waals surface area contributed by atoms with E-state index in [4.69, 9.17) is 14.2 Å². The third-order valence-electron chi connectivity index (χ3n) is 13.9. The number of unbranched alkanes of at least 4 members (excludes halogenated alkanes) is 14. The first-order valence-electron chi connectivity index (χ1n) is 27.3. The molecule has 1 aromatic carbocycles. The highest BCUT2D eigenvalue weighted by atomic mass is 16.7. The number of anilines is 1. The molecule has 73 heavy (non-hydrogen) atoms. The van der Waals surface area contributed by atoms with Gasteiger partial charge < -0.3 is 55.7 Å². The quantitative estimate of drug-likeness (QED) is 0.0259. The molecule has 2 aliphatic rings. The van der Waals surface area contributed by atoms with Gasteiger partial charge in [0.05, 0.1) is 31.4 Å². The second kappa shape index (κ2) is 35.0. The number of rotatable bonds is 38. The van der Waals surface area contributed by atoms with E-state index in [1.54, 1.807) is 24.3 Å². The molecule has 10 atom stereocenters. The van der Waals surface area contributed by atoms with Crippen molar-refractivity contribution in [2.24, 2.45) is 17.8 Å². The van der Waals surface area contributed by atoms with Crippen molar-refractivity contribution < 1.29 is 68.5 Å². The zero-order chi connectivity index (χ0) is 53.7. The average molecular weight is 1030 g/mol. The Balaban J connectivity index is 1.53. The van der Waals surface area contributed by atoms with Gasteiger partial charge in [0, 0.05) is 43.1 Å². The van der Waals surface area contributed by atoms with E-state index in [0.717, 1.165) is 32.1 Å². The van der Waals surface area contributed by atoms with E-state index in [1.165, 1.54) is 68.4 Å². The number of nitrogens with zero attached hydrogens (tertiary/aromatic N) is 1. The van der Waals surface area contributed by atoms with E-state index in [1.807, 2.05) is 27.7 Å². The lowest BCUT2D eigenvalue weighted by Gasteiger charge is -2.40. The molecular weight excluding hydrogens is 941 g/mol. The Morgan fingerprint density at radius 1 is 0.726 bits per heavy atom. The summed E-state index contributed by atoms with van der Waals surface area (Å²) in [7, 11) is 0. The van der Waals surface area contributed by atoms with Crippen LogP contribution in [0.5, 0.6) is 0 Å². The third kappa shape index (κ3) is 23.0. The maximum Gasteiger partial charge on any atom is 0.407 e. The molecule has 0 saturated carbocycles. The summed E-state index contributed by atoms with van der Waals surface area (Å²) in [5.74, 6) is -2.69. The minimum Gasteiger partial charge on any atom is -0.445 e. The zero-order valence-corrected chi connectivity index (χ0v) is 44.4. The van der Waals surface area contributed by atoms with E-state index < -0.39 is 67.5 Å². The van der Waals surface area contributed by atoms with Crippen LogP contribution in [0.4, 0.5) is 10.5 Å². The maximum atomic E-state index is 13.7. The van der Waals surface area contributed by atoms with Crippen LogP contribution in [0.25, 0.3) is 0 Å². The summed E-state index contributed by atoms with van der Waals surface area (Å²) in [4.78, 5) is 78.2. The van der Waals surface area contributed by atoms with Crippen molar-refractivity contribution in [2.45, 2.75) is 225 Å². The fourth-order valence-electron chi connectivity index (χ4n) is 9.17. The molecule has 2 unspecified atom stereocenters. The van der Waals surface area contributed by atoms with Crippen LogP contribution >= 0.6 is 0 Å². The van der Waals surface area contributed by atoms with Crippen molar-refractivity contribution in [2.75, 3.05) is 25.1 Å². The van der Waals surface area contributed by atoms with Gasteiger partial charge in [-0.3, -0.25) is 28.9 Å². The number of ketones is 1. The lowest BCUT2D eigenvalue weighted by Crippen LogP contribution is -2.60. The van der Waals surface area contributed by atoms with Crippen LogP contribution < -0.4 is 16.0 Å². The number of amides is 5. The molecule has 8 N–H and O–H groups in total. The number of Topliss-reactive ketones (excluding diaryl/α,β-unsaturated/α-hetero) is 1. The molecule has 18 nitrogen and oxygen atoms in total. The van der Waals surface area contributed by atoms with Crippen LogP contribution in [0.3, 0.4) is 0 Å². The summed E-state index contributed by atoms with van der Waals surface area (Å²) in [6.45, 7) is 8.88. The molecule has 0 radical (unpaired) electrons. The second-order valence-electron chi connectivity index (χ2n) is 20.5. The van der Waals surface area contributed by atoms with Crippen LogP contribution in [-0.4, -0.2) is 135 Å². The Labute approximate surface area is 433 Å². The number of alkyl carbamates (subject to hydrolysis) is 1. The first-order chi connectivity index (χ1) is 35.0. The van der Waals surface area contributed by atoms with Crippen molar-refractivity contribution in [3.8, 4) is 0 Å². The van der Waals surface area contributed by atoms with Gasteiger partial charge in [0.25, 0.3) is 11.8 Å². The summed E-state index contributed by atoms with van der Waals surface area (Å²) in [5.41, 5.74) is 1.05. The molecule has 1 saturated heterocycles. The van der Waals surface area contributed by atoms with Gasteiger partial charge in [-0.25, -0.2) is 4.79 Å². The lowest BCUT2D eigenvalue weighted by molar-refractivity contribution is -0.303. The topological polar surface area (TPSA) is 271 Å². The first kappa shape index (κ1) is 63.0. The number of hydrogen-bond donors (Lipinski definition) is 8. The minimum absolute atomic E-state index is 0.0661. The molecule has 5 amide bonds. The number of carbonyl (C=O) groups is 6. The molecule has 414 valence electrons. The Bertz CT molecular complexity index is 1810. The summed E-state index contributed by atoms with van der Waals surface area (Å²) in [6.07, 6.45) is 11.8. The van der Waals surface area contributed by atoms with Crippen molar-refractivity contribution in [3.05, 3.63) is 42.0 Å². The number of aliphatic hydroxyl groups is 5. The number of carbonyl (C=O) groups excluding carboxylic acids is 6. The van der Waals surface area contributed by atoms with Crippen LogP contribution in [-0.2, 0) is 44.8 Å². The van der Waals surface area contributed by atoms with Gasteiger partial charge in [0.15, 0.2) is 12.1 Å². The molecular formula is C55H90N4O14. The third-order valence-corrected chi connectivity index (χ3v) is 13.9. The molecule has 0 aromatic heterocycles. The monoisotopic (exact) mass is 1030 g/mol. The van der Waals surface area contributed by atoms with Gasteiger partial charge in [-0.2, -0.15) is 0 Å². The van der Waals surface area contributed by atoms with Gasteiger partial charge >= 0.3 is 6.09 Å². The summed E-state index contributed by atoms with van der Waals surface area (Å²) in [5, 5.41) is 60.7. The Morgan fingerprint density at radius 3 is 1.90 bits per heavy atom.